The fourth-order valence-electron chi connectivity index (χ4n) is 2.10. The Morgan fingerprint density at radius 3 is 2.41 bits per heavy atom. The molecular weight excluding hydrogens is 292 g/mol. The van der Waals surface area contributed by atoms with Crippen LogP contribution in [0.3, 0.4) is 0 Å². The number of nitriles is 2. The molecule has 0 atom stereocenters. The smallest absolute Gasteiger partial charge is 0.286 e. The Morgan fingerprint density at radius 1 is 1.23 bits per heavy atom. The molecule has 0 aliphatic carbocycles. The average molecular weight is 307 g/mol. The van der Waals surface area contributed by atoms with Crippen molar-refractivity contribution in [3.8, 4) is 23.3 Å². The summed E-state index contributed by atoms with van der Waals surface area (Å²) in [6.07, 6.45) is 1.75. The maximum Gasteiger partial charge on any atom is 0.289 e. The van der Waals surface area contributed by atoms with Crippen molar-refractivity contribution in [3.63, 3.8) is 0 Å². The fourth-order valence-corrected chi connectivity index (χ4v) is 2.86. The third kappa shape index (κ3) is 2.95. The number of aromatic nitrogens is 1. The lowest BCUT2D eigenvalue weighted by molar-refractivity contribution is -0.410. The molecule has 0 bridgehead atoms. The molecule has 0 amide bonds. The third-order valence-electron chi connectivity index (χ3n) is 3.15. The molecule has 2 rings (SSSR count). The van der Waals surface area contributed by atoms with Crippen molar-refractivity contribution in [3.05, 3.63) is 53.6 Å². The van der Waals surface area contributed by atoms with Gasteiger partial charge in [0.2, 0.25) is 0 Å². The zero-order valence-electron chi connectivity index (χ0n) is 12.2. The second-order valence-electron chi connectivity index (χ2n) is 4.68. The van der Waals surface area contributed by atoms with E-state index in [4.69, 9.17) is 5.73 Å². The predicted octanol–water partition coefficient (Wildman–Crippen LogP) is 3.08. The van der Waals surface area contributed by atoms with Crippen molar-refractivity contribution in [2.24, 2.45) is 0 Å². The van der Waals surface area contributed by atoms with E-state index in [2.05, 4.69) is 23.7 Å². The number of nitrogens with one attached hydrogen (secondary N) is 1. The number of nitrogen functional groups attached to an aromatic ring is 1. The summed E-state index contributed by atoms with van der Waals surface area (Å²) >= 11 is 1.43. The molecule has 2 aromatic rings. The second-order valence-corrected chi connectivity index (χ2v) is 5.71. The minimum absolute atomic E-state index is 0.267. The largest absolute Gasteiger partial charge is 0.289 e. The Bertz CT molecular complexity index is 795. The normalized spacial score (nSPS) is 9.77. The molecule has 4 nitrogen and oxygen atoms in total. The molecule has 0 saturated heterocycles. The number of thioether (sulfide) groups is 1. The lowest BCUT2D eigenvalue weighted by atomic mass is 9.96. The van der Waals surface area contributed by atoms with E-state index in [0.717, 1.165) is 11.1 Å². The monoisotopic (exact) mass is 307 g/mol. The van der Waals surface area contributed by atoms with Gasteiger partial charge in [0.05, 0.1) is 0 Å². The number of rotatable bonds is 4. The van der Waals surface area contributed by atoms with Crippen molar-refractivity contribution in [1.29, 1.82) is 10.5 Å². The lowest BCUT2D eigenvalue weighted by Crippen LogP contribution is -2.18. The third-order valence-corrected chi connectivity index (χ3v) is 4.15. The molecule has 0 aliphatic heterocycles. The minimum atomic E-state index is 0.267. The molecule has 0 aliphatic rings. The highest BCUT2D eigenvalue weighted by Crippen LogP contribution is 2.33. The average Bonchev–Trinajstić information content (AvgIpc) is 2.53. The number of nitrogens with zero attached hydrogens (tertiary/aromatic N) is 2. The Labute approximate surface area is 133 Å². The summed E-state index contributed by atoms with van der Waals surface area (Å²) in [7, 11) is 0. The van der Waals surface area contributed by atoms with Gasteiger partial charge in [-0.15, -0.1) is 6.58 Å². The first-order chi connectivity index (χ1) is 10.6. The quantitative estimate of drug-likeness (QED) is 0.694. The highest BCUT2D eigenvalue weighted by Gasteiger charge is 2.23. The van der Waals surface area contributed by atoms with Gasteiger partial charge in [-0.1, -0.05) is 47.7 Å². The standard InChI is InChI=1S/C17H14N4S/c1-3-8-22-17-14(10-19)15(13(9-18)16(20)21-17)12-6-4-11(2)5-7-12/h3-7H,1,8H2,2H3,(H2,20,21)/p+1. The van der Waals surface area contributed by atoms with E-state index in [1.54, 1.807) is 6.08 Å². The number of anilines is 1. The van der Waals surface area contributed by atoms with E-state index in [-0.39, 0.29) is 5.82 Å². The van der Waals surface area contributed by atoms with Crippen molar-refractivity contribution in [1.82, 2.24) is 0 Å². The van der Waals surface area contributed by atoms with Crippen molar-refractivity contribution >= 4 is 17.6 Å². The van der Waals surface area contributed by atoms with Crippen LogP contribution in [0.1, 0.15) is 16.7 Å². The first kappa shape index (κ1) is 15.6. The summed E-state index contributed by atoms with van der Waals surface area (Å²) in [5, 5.41) is 19.6. The summed E-state index contributed by atoms with van der Waals surface area (Å²) in [5.74, 6) is 0.910. The zero-order chi connectivity index (χ0) is 16.1. The van der Waals surface area contributed by atoms with Crippen LogP contribution in [0.25, 0.3) is 11.1 Å². The number of aryl methyl sites for hydroxylation is 1. The number of nitrogens with two attached hydrogens (primary N) is 1. The Morgan fingerprint density at radius 2 is 1.86 bits per heavy atom. The summed E-state index contributed by atoms with van der Waals surface area (Å²) in [6.45, 7) is 5.66. The highest BCUT2D eigenvalue weighted by molar-refractivity contribution is 7.99. The maximum absolute atomic E-state index is 9.57. The van der Waals surface area contributed by atoms with Crippen LogP contribution in [0.2, 0.25) is 0 Å². The molecule has 0 radical (unpaired) electrons. The van der Waals surface area contributed by atoms with E-state index in [1.807, 2.05) is 31.2 Å². The van der Waals surface area contributed by atoms with Crippen LogP contribution in [0.5, 0.6) is 0 Å². The second kappa shape index (κ2) is 6.80. The highest BCUT2D eigenvalue weighted by atomic mass is 32.2. The van der Waals surface area contributed by atoms with Crippen LogP contribution in [-0.2, 0) is 0 Å². The molecule has 1 heterocycles. The van der Waals surface area contributed by atoms with Crippen molar-refractivity contribution in [2.75, 3.05) is 11.5 Å². The molecule has 3 N–H and O–H groups in total. The molecular formula is C17H15N4S+. The van der Waals surface area contributed by atoms with Crippen molar-refractivity contribution in [2.45, 2.75) is 11.9 Å². The van der Waals surface area contributed by atoms with Gasteiger partial charge in [0.25, 0.3) is 5.82 Å². The topological polar surface area (TPSA) is 87.7 Å². The molecule has 0 spiro atoms. The predicted molar refractivity (Wildman–Crippen MR) is 87.9 cm³/mol. The fraction of sp³-hybridized carbons (Fsp3) is 0.118. The van der Waals surface area contributed by atoms with Gasteiger partial charge in [0.15, 0.2) is 5.03 Å². The molecule has 1 aromatic heterocycles. The number of hydrogen-bond donors (Lipinski definition) is 1. The van der Waals surface area contributed by atoms with Gasteiger partial charge in [0, 0.05) is 11.3 Å². The first-order valence-corrected chi connectivity index (χ1v) is 7.60. The zero-order valence-corrected chi connectivity index (χ0v) is 13.0. The van der Waals surface area contributed by atoms with Crippen LogP contribution in [-0.4, -0.2) is 5.75 Å². The van der Waals surface area contributed by atoms with Crippen LogP contribution in [0.15, 0.2) is 41.9 Å². The van der Waals surface area contributed by atoms with E-state index >= 15 is 0 Å². The molecule has 0 unspecified atom stereocenters. The Hall–Kier alpha value is -2.76. The van der Waals surface area contributed by atoms with E-state index in [0.29, 0.717) is 27.5 Å². The first-order valence-electron chi connectivity index (χ1n) is 6.62. The lowest BCUT2D eigenvalue weighted by Gasteiger charge is -2.10. The van der Waals surface area contributed by atoms with Crippen molar-refractivity contribution < 1.29 is 4.98 Å². The molecule has 1 aromatic carbocycles. The molecule has 5 heteroatoms. The van der Waals surface area contributed by atoms with Gasteiger partial charge in [0.1, 0.15) is 23.3 Å². The number of H-pyrrole nitrogens is 1. The number of aromatic amines is 1. The van der Waals surface area contributed by atoms with E-state index in [1.165, 1.54) is 11.8 Å². The molecule has 0 saturated carbocycles. The van der Waals surface area contributed by atoms with Crippen LogP contribution < -0.4 is 10.7 Å². The van der Waals surface area contributed by atoms with E-state index in [9.17, 15) is 10.5 Å². The van der Waals surface area contributed by atoms with Gasteiger partial charge in [-0.05, 0) is 12.5 Å². The van der Waals surface area contributed by atoms with Gasteiger partial charge < -0.3 is 0 Å². The summed E-state index contributed by atoms with van der Waals surface area (Å²) < 4.78 is 0. The van der Waals surface area contributed by atoms with Crippen LogP contribution in [0, 0.1) is 29.6 Å². The van der Waals surface area contributed by atoms with Crippen LogP contribution in [0.4, 0.5) is 5.82 Å². The molecule has 0 fully saturated rings. The summed E-state index contributed by atoms with van der Waals surface area (Å²) in [5.41, 5.74) is 9.19. The maximum atomic E-state index is 9.57. The number of benzene rings is 1. The molecule has 108 valence electrons. The Kier molecular flexibility index (Phi) is 4.83. The number of pyridine rings is 1. The SMILES string of the molecule is C=CCSc1[nH+]c(N)c(C#N)c(-c2ccc(C)cc2)c1C#N. The van der Waals surface area contributed by atoms with Crippen LogP contribution >= 0.6 is 11.8 Å². The van der Waals surface area contributed by atoms with Gasteiger partial charge in [-0.25, -0.2) is 4.98 Å². The van der Waals surface area contributed by atoms with E-state index < -0.39 is 0 Å². The molecule has 22 heavy (non-hydrogen) atoms. The van der Waals surface area contributed by atoms with Gasteiger partial charge in [-0.3, -0.25) is 5.73 Å². The van der Waals surface area contributed by atoms with Gasteiger partial charge in [-0.2, -0.15) is 10.5 Å². The minimum Gasteiger partial charge on any atom is -0.286 e. The summed E-state index contributed by atoms with van der Waals surface area (Å²) in [4.78, 5) is 2.95. The summed E-state index contributed by atoms with van der Waals surface area (Å²) in [6, 6.07) is 12.0. The van der Waals surface area contributed by atoms with Gasteiger partial charge >= 0.3 is 0 Å². The number of hydrogen-bond acceptors (Lipinski definition) is 4. The Balaban J connectivity index is 2.76.